The molecule has 1 rings (SSSR count). The SMILES string of the molecule is CCCCN(CC(N)=O)c1nc(C(C)(C)C)nc(Cl)c1C. The molecule has 0 saturated heterocycles. The monoisotopic (exact) mass is 312 g/mol. The number of unbranched alkanes of at least 4 members (excludes halogenated alkanes) is 1. The van der Waals surface area contributed by atoms with Crippen molar-refractivity contribution >= 4 is 23.3 Å². The second kappa shape index (κ2) is 7.07. The molecule has 0 saturated carbocycles. The van der Waals surface area contributed by atoms with Crippen molar-refractivity contribution in [3.05, 3.63) is 16.5 Å². The van der Waals surface area contributed by atoms with Crippen molar-refractivity contribution in [2.24, 2.45) is 5.73 Å². The smallest absolute Gasteiger partial charge is 0.236 e. The van der Waals surface area contributed by atoms with Crippen LogP contribution in [-0.2, 0) is 10.2 Å². The summed E-state index contributed by atoms with van der Waals surface area (Å²) < 4.78 is 0. The number of nitrogens with two attached hydrogens (primary N) is 1. The lowest BCUT2D eigenvalue weighted by Crippen LogP contribution is -2.36. The molecule has 0 bridgehead atoms. The summed E-state index contributed by atoms with van der Waals surface area (Å²) in [7, 11) is 0. The Morgan fingerprint density at radius 3 is 2.43 bits per heavy atom. The van der Waals surface area contributed by atoms with E-state index < -0.39 is 0 Å². The Kier molecular flexibility index (Phi) is 5.96. The van der Waals surface area contributed by atoms with Gasteiger partial charge in [-0.1, -0.05) is 45.7 Å². The molecule has 0 aliphatic rings. The van der Waals surface area contributed by atoms with Crippen molar-refractivity contribution in [1.29, 1.82) is 0 Å². The molecule has 0 spiro atoms. The van der Waals surface area contributed by atoms with Gasteiger partial charge in [0.2, 0.25) is 5.91 Å². The van der Waals surface area contributed by atoms with Gasteiger partial charge >= 0.3 is 0 Å². The van der Waals surface area contributed by atoms with Gasteiger partial charge in [-0.25, -0.2) is 9.97 Å². The van der Waals surface area contributed by atoms with Crippen molar-refractivity contribution in [1.82, 2.24) is 9.97 Å². The third kappa shape index (κ3) is 4.84. The number of amides is 1. The van der Waals surface area contributed by atoms with Crippen molar-refractivity contribution in [2.45, 2.75) is 52.9 Å². The van der Waals surface area contributed by atoms with Crippen LogP contribution < -0.4 is 10.6 Å². The number of anilines is 1. The number of aromatic nitrogens is 2. The van der Waals surface area contributed by atoms with Gasteiger partial charge in [0.1, 0.15) is 16.8 Å². The van der Waals surface area contributed by atoms with Crippen LogP contribution in [0.15, 0.2) is 0 Å². The fourth-order valence-corrected chi connectivity index (χ4v) is 2.08. The number of nitrogens with zero attached hydrogens (tertiary/aromatic N) is 3. The molecule has 0 unspecified atom stereocenters. The third-order valence-corrected chi connectivity index (χ3v) is 3.53. The molecular formula is C15H25ClN4O. The van der Waals surface area contributed by atoms with Crippen LogP contribution in [0.25, 0.3) is 0 Å². The average Bonchev–Trinajstić information content (AvgIpc) is 2.36. The zero-order valence-corrected chi connectivity index (χ0v) is 14.3. The summed E-state index contributed by atoms with van der Waals surface area (Å²) in [5, 5.41) is 0.427. The van der Waals surface area contributed by atoms with Crippen molar-refractivity contribution in [3.8, 4) is 0 Å². The molecule has 6 heteroatoms. The fraction of sp³-hybridized carbons (Fsp3) is 0.667. The third-order valence-electron chi connectivity index (χ3n) is 3.16. The highest BCUT2D eigenvalue weighted by Gasteiger charge is 2.23. The molecule has 1 aromatic rings. The Labute approximate surface area is 131 Å². The Balaban J connectivity index is 3.28. The Bertz CT molecular complexity index is 511. The maximum absolute atomic E-state index is 11.3. The summed E-state index contributed by atoms with van der Waals surface area (Å²) >= 11 is 6.25. The van der Waals surface area contributed by atoms with E-state index in [4.69, 9.17) is 17.3 Å². The van der Waals surface area contributed by atoms with Crippen LogP contribution in [0.3, 0.4) is 0 Å². The first kappa shape index (κ1) is 17.7. The maximum Gasteiger partial charge on any atom is 0.236 e. The van der Waals surface area contributed by atoms with Gasteiger partial charge in [0.05, 0.1) is 6.54 Å². The molecule has 5 nitrogen and oxygen atoms in total. The number of hydrogen-bond acceptors (Lipinski definition) is 4. The fourth-order valence-electron chi connectivity index (χ4n) is 1.92. The molecule has 2 N–H and O–H groups in total. The van der Waals surface area contributed by atoms with Crippen LogP contribution in [0, 0.1) is 6.92 Å². The van der Waals surface area contributed by atoms with E-state index in [2.05, 4.69) is 16.9 Å². The van der Waals surface area contributed by atoms with Crippen LogP contribution in [0.1, 0.15) is 51.9 Å². The van der Waals surface area contributed by atoms with Gasteiger partial charge < -0.3 is 10.6 Å². The summed E-state index contributed by atoms with van der Waals surface area (Å²) in [5.41, 5.74) is 5.92. The maximum atomic E-state index is 11.3. The lowest BCUT2D eigenvalue weighted by molar-refractivity contribution is -0.116. The number of primary amides is 1. The van der Waals surface area contributed by atoms with E-state index in [-0.39, 0.29) is 17.9 Å². The van der Waals surface area contributed by atoms with Gasteiger partial charge in [0, 0.05) is 17.5 Å². The minimum absolute atomic E-state index is 0.137. The van der Waals surface area contributed by atoms with Crippen LogP contribution in [0.5, 0.6) is 0 Å². The molecule has 0 radical (unpaired) electrons. The van der Waals surface area contributed by atoms with Crippen LogP contribution in [0.4, 0.5) is 5.82 Å². The highest BCUT2D eigenvalue weighted by molar-refractivity contribution is 6.30. The quantitative estimate of drug-likeness (QED) is 0.820. The first-order chi connectivity index (χ1) is 9.66. The topological polar surface area (TPSA) is 72.1 Å². The number of rotatable bonds is 6. The number of halogens is 1. The van der Waals surface area contributed by atoms with Gasteiger partial charge in [-0.2, -0.15) is 0 Å². The summed E-state index contributed by atoms with van der Waals surface area (Å²) in [6.07, 6.45) is 1.98. The molecule has 1 aromatic heterocycles. The van der Waals surface area contributed by atoms with Crippen molar-refractivity contribution < 1.29 is 4.79 Å². The predicted molar refractivity (Wildman–Crippen MR) is 86.8 cm³/mol. The first-order valence-corrected chi connectivity index (χ1v) is 7.62. The largest absolute Gasteiger partial charge is 0.368 e. The van der Waals surface area contributed by atoms with E-state index in [0.717, 1.165) is 24.9 Å². The number of carbonyl (C=O) groups is 1. The van der Waals surface area contributed by atoms with Gasteiger partial charge in [0.15, 0.2) is 0 Å². The average molecular weight is 313 g/mol. The molecule has 1 amide bonds. The minimum atomic E-state index is -0.377. The van der Waals surface area contributed by atoms with Crippen molar-refractivity contribution in [3.63, 3.8) is 0 Å². The lowest BCUT2D eigenvalue weighted by atomic mass is 9.95. The standard InChI is InChI=1S/C15H25ClN4O/c1-6-7-8-20(9-11(17)21)13-10(2)12(16)18-14(19-13)15(3,4)5/h6-9H2,1-5H3,(H2,17,21). The normalized spacial score (nSPS) is 11.5. The summed E-state index contributed by atoms with van der Waals surface area (Å²) in [6.45, 7) is 10.9. The van der Waals surface area contributed by atoms with Gasteiger partial charge in [-0.05, 0) is 13.3 Å². The van der Waals surface area contributed by atoms with E-state index in [1.165, 1.54) is 0 Å². The van der Waals surface area contributed by atoms with Crippen LogP contribution >= 0.6 is 11.6 Å². The highest BCUT2D eigenvalue weighted by Crippen LogP contribution is 2.28. The first-order valence-electron chi connectivity index (χ1n) is 7.24. The summed E-state index contributed by atoms with van der Waals surface area (Å²) in [4.78, 5) is 22.2. The zero-order valence-electron chi connectivity index (χ0n) is 13.5. The Hall–Kier alpha value is -1.36. The molecular weight excluding hydrogens is 288 g/mol. The van der Waals surface area contributed by atoms with Crippen LogP contribution in [0.2, 0.25) is 5.15 Å². The predicted octanol–water partition coefficient (Wildman–Crippen LogP) is 2.83. The molecule has 21 heavy (non-hydrogen) atoms. The molecule has 0 atom stereocenters. The van der Waals surface area contributed by atoms with E-state index in [9.17, 15) is 4.79 Å². The van der Waals surface area contributed by atoms with Gasteiger partial charge in [0.25, 0.3) is 0 Å². The van der Waals surface area contributed by atoms with Crippen molar-refractivity contribution in [2.75, 3.05) is 18.0 Å². The zero-order chi connectivity index (χ0) is 16.2. The molecule has 0 aliphatic carbocycles. The second-order valence-corrected chi connectivity index (χ2v) is 6.64. The van der Waals surface area contributed by atoms with Crippen LogP contribution in [-0.4, -0.2) is 29.0 Å². The lowest BCUT2D eigenvalue weighted by Gasteiger charge is -2.26. The molecule has 0 aromatic carbocycles. The second-order valence-electron chi connectivity index (χ2n) is 6.28. The number of hydrogen-bond donors (Lipinski definition) is 1. The number of carbonyl (C=O) groups excluding carboxylic acids is 1. The Morgan fingerprint density at radius 2 is 1.95 bits per heavy atom. The van der Waals surface area contributed by atoms with Gasteiger partial charge in [-0.3, -0.25) is 4.79 Å². The van der Waals surface area contributed by atoms with E-state index in [0.29, 0.717) is 16.8 Å². The Morgan fingerprint density at radius 1 is 1.33 bits per heavy atom. The molecule has 118 valence electrons. The van der Waals surface area contributed by atoms with E-state index >= 15 is 0 Å². The molecule has 0 aliphatic heterocycles. The minimum Gasteiger partial charge on any atom is -0.368 e. The summed E-state index contributed by atoms with van der Waals surface area (Å²) in [6, 6.07) is 0. The van der Waals surface area contributed by atoms with E-state index in [1.807, 2.05) is 32.6 Å². The molecule has 1 heterocycles. The van der Waals surface area contributed by atoms with E-state index in [1.54, 1.807) is 0 Å². The molecule has 0 fully saturated rings. The van der Waals surface area contributed by atoms with Gasteiger partial charge in [-0.15, -0.1) is 0 Å². The summed E-state index contributed by atoms with van der Waals surface area (Å²) in [5.74, 6) is 0.990. The highest BCUT2D eigenvalue weighted by atomic mass is 35.5.